The summed E-state index contributed by atoms with van der Waals surface area (Å²) >= 11 is 11.8. The summed E-state index contributed by atoms with van der Waals surface area (Å²) in [5.41, 5.74) is 0.225. The van der Waals surface area contributed by atoms with Crippen LogP contribution in [0, 0.1) is 5.92 Å². The number of benzene rings is 1. The highest BCUT2D eigenvalue weighted by Gasteiger charge is 2.25. The first kappa shape index (κ1) is 20.3. The van der Waals surface area contributed by atoms with Crippen molar-refractivity contribution in [2.75, 3.05) is 13.1 Å². The van der Waals surface area contributed by atoms with E-state index < -0.39 is 17.9 Å². The quantitative estimate of drug-likeness (QED) is 0.682. The minimum absolute atomic E-state index is 0.145. The third-order valence-corrected chi connectivity index (χ3v) is 3.76. The lowest BCUT2D eigenvalue weighted by Gasteiger charge is -2.22. The smallest absolute Gasteiger partial charge is 0.253 e. The SMILES string of the molecule is CCNC(=O)CNC(=O)C(NC(=O)c1ccc(Cl)cc1Cl)C(C)C. The molecule has 0 saturated carbocycles. The summed E-state index contributed by atoms with van der Waals surface area (Å²) < 4.78 is 0. The molecule has 0 bridgehead atoms. The summed E-state index contributed by atoms with van der Waals surface area (Å²) in [5.74, 6) is -1.38. The lowest BCUT2D eigenvalue weighted by molar-refractivity contribution is -0.127. The number of halogens is 2. The fourth-order valence-corrected chi connectivity index (χ4v) is 2.46. The third kappa shape index (κ3) is 6.02. The molecule has 0 aliphatic heterocycles. The van der Waals surface area contributed by atoms with Gasteiger partial charge in [0.05, 0.1) is 17.1 Å². The maximum atomic E-state index is 12.3. The van der Waals surface area contributed by atoms with Crippen LogP contribution >= 0.6 is 23.2 Å². The van der Waals surface area contributed by atoms with E-state index in [-0.39, 0.29) is 29.0 Å². The van der Waals surface area contributed by atoms with Crippen molar-refractivity contribution in [1.29, 1.82) is 0 Å². The van der Waals surface area contributed by atoms with Gasteiger partial charge >= 0.3 is 0 Å². The predicted molar refractivity (Wildman–Crippen MR) is 94.2 cm³/mol. The second kappa shape index (κ2) is 9.49. The summed E-state index contributed by atoms with van der Waals surface area (Å²) in [5, 5.41) is 8.34. The van der Waals surface area contributed by atoms with Crippen LogP contribution in [-0.4, -0.2) is 36.9 Å². The molecule has 0 radical (unpaired) electrons. The molecule has 0 aliphatic carbocycles. The Kier molecular flexibility index (Phi) is 8.01. The van der Waals surface area contributed by atoms with Crippen LogP contribution in [0.4, 0.5) is 0 Å². The van der Waals surface area contributed by atoms with Crippen molar-refractivity contribution in [3.63, 3.8) is 0 Å². The molecular formula is C16H21Cl2N3O3. The normalized spacial score (nSPS) is 11.8. The van der Waals surface area contributed by atoms with E-state index in [2.05, 4.69) is 16.0 Å². The lowest BCUT2D eigenvalue weighted by atomic mass is 10.0. The highest BCUT2D eigenvalue weighted by molar-refractivity contribution is 6.36. The molecule has 1 unspecified atom stereocenters. The van der Waals surface area contributed by atoms with Gasteiger partial charge in [0.15, 0.2) is 0 Å². The van der Waals surface area contributed by atoms with Crippen LogP contribution in [0.3, 0.4) is 0 Å². The molecule has 0 spiro atoms. The fraction of sp³-hybridized carbons (Fsp3) is 0.438. The summed E-state index contributed by atoms with van der Waals surface area (Å²) in [4.78, 5) is 36.0. The second-order valence-electron chi connectivity index (χ2n) is 5.49. The van der Waals surface area contributed by atoms with Gasteiger partial charge in [0.2, 0.25) is 11.8 Å². The Morgan fingerprint density at radius 2 is 1.79 bits per heavy atom. The Hall–Kier alpha value is -1.79. The van der Waals surface area contributed by atoms with Gasteiger partial charge in [-0.05, 0) is 31.0 Å². The number of hydrogen-bond acceptors (Lipinski definition) is 3. The molecule has 24 heavy (non-hydrogen) atoms. The van der Waals surface area contributed by atoms with E-state index >= 15 is 0 Å². The molecule has 1 atom stereocenters. The second-order valence-corrected chi connectivity index (χ2v) is 6.33. The van der Waals surface area contributed by atoms with Gasteiger partial charge in [-0.25, -0.2) is 0 Å². The molecule has 1 rings (SSSR count). The van der Waals surface area contributed by atoms with Gasteiger partial charge in [0.1, 0.15) is 6.04 Å². The molecule has 132 valence electrons. The maximum absolute atomic E-state index is 12.3. The van der Waals surface area contributed by atoms with Gasteiger partial charge in [-0.3, -0.25) is 14.4 Å². The van der Waals surface area contributed by atoms with Crippen molar-refractivity contribution in [3.8, 4) is 0 Å². The third-order valence-electron chi connectivity index (χ3n) is 3.21. The van der Waals surface area contributed by atoms with Crippen LogP contribution < -0.4 is 16.0 Å². The Morgan fingerprint density at radius 3 is 2.33 bits per heavy atom. The lowest BCUT2D eigenvalue weighted by Crippen LogP contribution is -2.51. The Balaban J connectivity index is 2.76. The summed E-state index contributed by atoms with van der Waals surface area (Å²) in [6.07, 6.45) is 0. The monoisotopic (exact) mass is 373 g/mol. The van der Waals surface area contributed by atoms with E-state index in [1.165, 1.54) is 12.1 Å². The van der Waals surface area contributed by atoms with Crippen LogP contribution in [0.1, 0.15) is 31.1 Å². The minimum Gasteiger partial charge on any atom is -0.355 e. The van der Waals surface area contributed by atoms with Crippen molar-refractivity contribution in [2.24, 2.45) is 5.92 Å². The number of rotatable bonds is 7. The molecule has 8 heteroatoms. The fourth-order valence-electron chi connectivity index (χ4n) is 1.96. The van der Waals surface area contributed by atoms with E-state index in [1.807, 2.05) is 0 Å². The van der Waals surface area contributed by atoms with Gasteiger partial charge in [-0.2, -0.15) is 0 Å². The largest absolute Gasteiger partial charge is 0.355 e. The van der Waals surface area contributed by atoms with Crippen LogP contribution in [0.5, 0.6) is 0 Å². The minimum atomic E-state index is -0.793. The van der Waals surface area contributed by atoms with E-state index in [1.54, 1.807) is 26.8 Å². The predicted octanol–water partition coefficient (Wildman–Crippen LogP) is 2.00. The Bertz CT molecular complexity index is 621. The van der Waals surface area contributed by atoms with Crippen molar-refractivity contribution in [2.45, 2.75) is 26.8 Å². The average Bonchev–Trinajstić information content (AvgIpc) is 2.50. The zero-order valence-corrected chi connectivity index (χ0v) is 15.3. The zero-order chi connectivity index (χ0) is 18.3. The first-order valence-electron chi connectivity index (χ1n) is 7.56. The highest BCUT2D eigenvalue weighted by atomic mass is 35.5. The van der Waals surface area contributed by atoms with Gasteiger partial charge in [0, 0.05) is 11.6 Å². The summed E-state index contributed by atoms with van der Waals surface area (Å²) in [7, 11) is 0. The molecule has 0 fully saturated rings. The maximum Gasteiger partial charge on any atom is 0.253 e. The molecule has 1 aromatic rings. The van der Waals surface area contributed by atoms with Gasteiger partial charge in [-0.1, -0.05) is 37.0 Å². The van der Waals surface area contributed by atoms with Crippen LogP contribution in [0.25, 0.3) is 0 Å². The van der Waals surface area contributed by atoms with Gasteiger partial charge in [0.25, 0.3) is 5.91 Å². The number of nitrogens with one attached hydrogen (secondary N) is 3. The number of amides is 3. The molecule has 3 amide bonds. The molecule has 6 nitrogen and oxygen atoms in total. The molecule has 0 heterocycles. The molecule has 0 aromatic heterocycles. The first-order chi connectivity index (χ1) is 11.3. The number of hydrogen-bond donors (Lipinski definition) is 3. The van der Waals surface area contributed by atoms with Crippen molar-refractivity contribution in [3.05, 3.63) is 33.8 Å². The van der Waals surface area contributed by atoms with Crippen molar-refractivity contribution in [1.82, 2.24) is 16.0 Å². The molecule has 1 aromatic carbocycles. The van der Waals surface area contributed by atoms with Crippen molar-refractivity contribution < 1.29 is 14.4 Å². The molecule has 0 aliphatic rings. The zero-order valence-electron chi connectivity index (χ0n) is 13.8. The molecule has 3 N–H and O–H groups in total. The summed E-state index contributed by atoms with van der Waals surface area (Å²) in [6, 6.07) is 3.70. The van der Waals surface area contributed by atoms with Crippen molar-refractivity contribution >= 4 is 40.9 Å². The Labute approximate surface area is 151 Å². The number of carbonyl (C=O) groups excluding carboxylic acids is 3. The van der Waals surface area contributed by atoms with E-state index in [0.29, 0.717) is 11.6 Å². The molecule has 0 saturated heterocycles. The van der Waals surface area contributed by atoms with E-state index in [0.717, 1.165) is 0 Å². The first-order valence-corrected chi connectivity index (χ1v) is 8.32. The van der Waals surface area contributed by atoms with E-state index in [9.17, 15) is 14.4 Å². The van der Waals surface area contributed by atoms with E-state index in [4.69, 9.17) is 23.2 Å². The molecular weight excluding hydrogens is 353 g/mol. The topological polar surface area (TPSA) is 87.3 Å². The number of carbonyl (C=O) groups is 3. The standard InChI is InChI=1S/C16H21Cl2N3O3/c1-4-19-13(22)8-20-16(24)14(9(2)3)21-15(23)11-6-5-10(17)7-12(11)18/h5-7,9,14H,4,8H2,1-3H3,(H,19,22)(H,20,24)(H,21,23). The van der Waals surface area contributed by atoms with Crippen LogP contribution in [0.2, 0.25) is 10.0 Å². The Morgan fingerprint density at radius 1 is 1.12 bits per heavy atom. The summed E-state index contributed by atoms with van der Waals surface area (Å²) in [6.45, 7) is 5.70. The van der Waals surface area contributed by atoms with Gasteiger partial charge < -0.3 is 16.0 Å². The van der Waals surface area contributed by atoms with Crippen LogP contribution in [0.15, 0.2) is 18.2 Å². The number of likely N-dealkylation sites (N-methyl/N-ethyl adjacent to an activating group) is 1. The van der Waals surface area contributed by atoms with Gasteiger partial charge in [-0.15, -0.1) is 0 Å². The average molecular weight is 374 g/mol. The van der Waals surface area contributed by atoms with Crippen LogP contribution in [-0.2, 0) is 9.59 Å². The highest BCUT2D eigenvalue weighted by Crippen LogP contribution is 2.21.